The molecule has 25 heavy (non-hydrogen) atoms. The standard InChI is InChI=1S/C17H8Cl6N2/c18-9-3-1-7(13(20)15(9)22)12-6-5-11(24)17(25-12)8-2-4-10(19)16(23)14(8)21/h1-6H,24H2. The van der Waals surface area contributed by atoms with Crippen LogP contribution >= 0.6 is 69.6 Å². The minimum absolute atomic E-state index is 0.236. The van der Waals surface area contributed by atoms with Gasteiger partial charge < -0.3 is 5.73 Å². The second-order valence-corrected chi connectivity index (χ2v) is 7.41. The van der Waals surface area contributed by atoms with Crippen molar-refractivity contribution in [3.8, 4) is 22.5 Å². The zero-order valence-electron chi connectivity index (χ0n) is 12.3. The van der Waals surface area contributed by atoms with Gasteiger partial charge in [-0.05, 0) is 36.4 Å². The largest absolute Gasteiger partial charge is 0.397 e. The first-order valence-electron chi connectivity index (χ1n) is 6.85. The molecular weight excluding hydrogens is 445 g/mol. The maximum Gasteiger partial charge on any atom is 0.0954 e. The molecule has 2 N–H and O–H groups in total. The summed E-state index contributed by atoms with van der Waals surface area (Å²) >= 11 is 36.8. The zero-order chi connectivity index (χ0) is 18.3. The molecule has 0 aliphatic carbocycles. The van der Waals surface area contributed by atoms with E-state index in [1.165, 1.54) is 0 Å². The van der Waals surface area contributed by atoms with E-state index in [-0.39, 0.29) is 15.1 Å². The molecule has 0 atom stereocenters. The molecular formula is C17H8Cl6N2. The molecule has 2 aromatic carbocycles. The molecule has 0 aliphatic rings. The molecule has 0 amide bonds. The average Bonchev–Trinajstić information content (AvgIpc) is 2.59. The highest BCUT2D eigenvalue weighted by atomic mass is 35.5. The van der Waals surface area contributed by atoms with Gasteiger partial charge in [0.2, 0.25) is 0 Å². The number of anilines is 1. The van der Waals surface area contributed by atoms with Crippen LogP contribution in [-0.4, -0.2) is 4.98 Å². The van der Waals surface area contributed by atoms with Crippen molar-refractivity contribution in [2.24, 2.45) is 0 Å². The summed E-state index contributed by atoms with van der Waals surface area (Å²) in [6.45, 7) is 0. The lowest BCUT2D eigenvalue weighted by Gasteiger charge is -2.12. The van der Waals surface area contributed by atoms with E-state index in [0.29, 0.717) is 43.3 Å². The molecule has 0 saturated heterocycles. The molecule has 0 saturated carbocycles. The van der Waals surface area contributed by atoms with Crippen LogP contribution in [0.25, 0.3) is 22.5 Å². The van der Waals surface area contributed by atoms with Crippen LogP contribution < -0.4 is 5.73 Å². The second kappa shape index (κ2) is 7.40. The average molecular weight is 453 g/mol. The zero-order valence-corrected chi connectivity index (χ0v) is 16.8. The summed E-state index contributed by atoms with van der Waals surface area (Å²) in [7, 11) is 0. The van der Waals surface area contributed by atoms with Crippen molar-refractivity contribution < 1.29 is 0 Å². The topological polar surface area (TPSA) is 38.9 Å². The predicted molar refractivity (Wildman–Crippen MR) is 110 cm³/mol. The number of benzene rings is 2. The van der Waals surface area contributed by atoms with Crippen LogP contribution in [-0.2, 0) is 0 Å². The van der Waals surface area contributed by atoms with E-state index in [2.05, 4.69) is 4.98 Å². The van der Waals surface area contributed by atoms with Crippen molar-refractivity contribution in [2.75, 3.05) is 5.73 Å². The van der Waals surface area contributed by atoms with E-state index in [0.717, 1.165) is 0 Å². The molecule has 1 heterocycles. The maximum atomic E-state index is 6.30. The summed E-state index contributed by atoms with van der Waals surface area (Å²) in [5, 5.41) is 1.77. The lowest BCUT2D eigenvalue weighted by molar-refractivity contribution is 1.32. The maximum absolute atomic E-state index is 6.30. The monoisotopic (exact) mass is 450 g/mol. The molecule has 1 aromatic heterocycles. The Balaban J connectivity index is 2.21. The molecule has 3 aromatic rings. The Hall–Kier alpha value is -0.870. The molecule has 3 rings (SSSR count). The highest BCUT2D eigenvalue weighted by Crippen LogP contribution is 2.41. The summed E-state index contributed by atoms with van der Waals surface area (Å²) in [5.41, 5.74) is 8.71. The highest BCUT2D eigenvalue weighted by molar-refractivity contribution is 6.50. The van der Waals surface area contributed by atoms with Gasteiger partial charge in [0.05, 0.1) is 47.2 Å². The van der Waals surface area contributed by atoms with Gasteiger partial charge in [0.1, 0.15) is 0 Å². The number of hydrogen-bond acceptors (Lipinski definition) is 2. The van der Waals surface area contributed by atoms with E-state index in [4.69, 9.17) is 75.3 Å². The molecule has 2 nitrogen and oxygen atoms in total. The summed E-state index contributed by atoms with van der Waals surface area (Å²) in [5.74, 6) is 0. The van der Waals surface area contributed by atoms with Crippen LogP contribution in [0.5, 0.6) is 0 Å². The Morgan fingerprint density at radius 1 is 0.600 bits per heavy atom. The first-order valence-corrected chi connectivity index (χ1v) is 9.12. The van der Waals surface area contributed by atoms with Gasteiger partial charge in [0.15, 0.2) is 0 Å². The Morgan fingerprint density at radius 3 is 1.72 bits per heavy atom. The van der Waals surface area contributed by atoms with Gasteiger partial charge in [-0.25, -0.2) is 4.98 Å². The number of halogens is 6. The van der Waals surface area contributed by atoms with E-state index in [1.54, 1.807) is 36.4 Å². The van der Waals surface area contributed by atoms with Gasteiger partial charge in [-0.15, -0.1) is 0 Å². The molecule has 128 valence electrons. The third kappa shape index (κ3) is 3.52. The van der Waals surface area contributed by atoms with Crippen LogP contribution in [0.15, 0.2) is 36.4 Å². The fourth-order valence-electron chi connectivity index (χ4n) is 2.27. The number of aromatic nitrogens is 1. The van der Waals surface area contributed by atoms with Crippen LogP contribution in [0.2, 0.25) is 30.1 Å². The van der Waals surface area contributed by atoms with Crippen LogP contribution in [0.3, 0.4) is 0 Å². The predicted octanol–water partition coefficient (Wildman–Crippen LogP) is 7.92. The van der Waals surface area contributed by atoms with Crippen LogP contribution in [0, 0.1) is 0 Å². The van der Waals surface area contributed by atoms with Crippen molar-refractivity contribution in [2.45, 2.75) is 0 Å². The fraction of sp³-hybridized carbons (Fsp3) is 0. The van der Waals surface area contributed by atoms with Crippen molar-refractivity contribution in [1.82, 2.24) is 4.98 Å². The van der Waals surface area contributed by atoms with Crippen molar-refractivity contribution in [3.63, 3.8) is 0 Å². The molecule has 0 aliphatic heterocycles. The lowest BCUT2D eigenvalue weighted by atomic mass is 10.1. The summed E-state index contributed by atoms with van der Waals surface area (Å²) in [4.78, 5) is 4.58. The Labute approximate surface area is 174 Å². The molecule has 0 fully saturated rings. The number of nitrogens with two attached hydrogens (primary N) is 1. The number of nitrogens with zero attached hydrogens (tertiary/aromatic N) is 1. The number of hydrogen-bond donors (Lipinski definition) is 1. The molecule has 0 spiro atoms. The second-order valence-electron chi connectivity index (χ2n) is 5.08. The van der Waals surface area contributed by atoms with Crippen molar-refractivity contribution in [1.29, 1.82) is 0 Å². The van der Waals surface area contributed by atoms with Crippen molar-refractivity contribution >= 4 is 75.3 Å². The van der Waals surface area contributed by atoms with Gasteiger partial charge in [-0.1, -0.05) is 69.6 Å². The summed E-state index contributed by atoms with van der Waals surface area (Å²) in [6, 6.07) is 10.1. The van der Waals surface area contributed by atoms with E-state index >= 15 is 0 Å². The lowest BCUT2D eigenvalue weighted by Crippen LogP contribution is -1.97. The first-order chi connectivity index (χ1) is 11.8. The minimum atomic E-state index is 0.236. The van der Waals surface area contributed by atoms with Gasteiger partial charge >= 0.3 is 0 Å². The Kier molecular flexibility index (Phi) is 5.60. The van der Waals surface area contributed by atoms with Crippen LogP contribution in [0.4, 0.5) is 5.69 Å². The molecule has 0 unspecified atom stereocenters. The number of pyridine rings is 1. The Morgan fingerprint density at radius 2 is 1.12 bits per heavy atom. The van der Waals surface area contributed by atoms with E-state index in [9.17, 15) is 0 Å². The van der Waals surface area contributed by atoms with Gasteiger partial charge in [-0.2, -0.15) is 0 Å². The van der Waals surface area contributed by atoms with Crippen LogP contribution in [0.1, 0.15) is 0 Å². The first kappa shape index (κ1) is 18.9. The summed E-state index contributed by atoms with van der Waals surface area (Å²) < 4.78 is 0. The quantitative estimate of drug-likeness (QED) is 0.401. The molecule has 0 radical (unpaired) electrons. The number of nitrogen functional groups attached to an aromatic ring is 1. The highest BCUT2D eigenvalue weighted by Gasteiger charge is 2.17. The molecule has 0 bridgehead atoms. The minimum Gasteiger partial charge on any atom is -0.397 e. The number of rotatable bonds is 2. The van der Waals surface area contributed by atoms with Crippen molar-refractivity contribution in [3.05, 3.63) is 66.5 Å². The van der Waals surface area contributed by atoms with Gasteiger partial charge in [0, 0.05) is 11.1 Å². The fourth-order valence-corrected chi connectivity index (χ4v) is 3.53. The SMILES string of the molecule is Nc1ccc(-c2ccc(Cl)c(Cl)c2Cl)nc1-c1ccc(Cl)c(Cl)c1Cl. The van der Waals surface area contributed by atoms with E-state index in [1.807, 2.05) is 0 Å². The van der Waals surface area contributed by atoms with E-state index < -0.39 is 0 Å². The van der Waals surface area contributed by atoms with Gasteiger partial charge in [-0.3, -0.25) is 0 Å². The smallest absolute Gasteiger partial charge is 0.0954 e. The Bertz CT molecular complexity index is 987. The third-order valence-corrected chi connectivity index (χ3v) is 6.12. The van der Waals surface area contributed by atoms with Gasteiger partial charge in [0.25, 0.3) is 0 Å². The normalized spacial score (nSPS) is 11.0. The molecule has 8 heteroatoms. The third-order valence-electron chi connectivity index (χ3n) is 3.53. The summed E-state index contributed by atoms with van der Waals surface area (Å²) in [6.07, 6.45) is 0.